The van der Waals surface area contributed by atoms with Gasteiger partial charge in [0, 0.05) is 5.69 Å². The summed E-state index contributed by atoms with van der Waals surface area (Å²) in [6.07, 6.45) is 1.29. The molecular formula is C12H9ClFN3O. The highest BCUT2D eigenvalue weighted by molar-refractivity contribution is 6.30. The summed E-state index contributed by atoms with van der Waals surface area (Å²) < 4.78 is 13.0. The predicted octanol–water partition coefficient (Wildman–Crippen LogP) is 2.71. The van der Waals surface area contributed by atoms with Gasteiger partial charge in [0.25, 0.3) is 5.91 Å². The second-order valence-corrected chi connectivity index (χ2v) is 3.95. The number of nitrogens with one attached hydrogen (secondary N) is 1. The fourth-order valence-corrected chi connectivity index (χ4v) is 1.56. The van der Waals surface area contributed by atoms with E-state index in [9.17, 15) is 9.18 Å². The van der Waals surface area contributed by atoms with Crippen molar-refractivity contribution in [3.05, 3.63) is 53.1 Å². The molecule has 0 fully saturated rings. The van der Waals surface area contributed by atoms with Gasteiger partial charge >= 0.3 is 0 Å². The van der Waals surface area contributed by atoms with E-state index in [1.807, 2.05) is 0 Å². The highest BCUT2D eigenvalue weighted by Gasteiger charge is 2.11. The fourth-order valence-electron chi connectivity index (χ4n) is 1.40. The van der Waals surface area contributed by atoms with Crippen LogP contribution in [0.5, 0.6) is 0 Å². The molecule has 0 radical (unpaired) electrons. The minimum Gasteiger partial charge on any atom is -0.397 e. The number of amides is 1. The van der Waals surface area contributed by atoms with Gasteiger partial charge in [0.1, 0.15) is 11.0 Å². The SMILES string of the molecule is Nc1cnc(Cl)cc1C(=O)Nc1cccc(F)c1. The van der Waals surface area contributed by atoms with Gasteiger partial charge in [-0.3, -0.25) is 4.79 Å². The summed E-state index contributed by atoms with van der Waals surface area (Å²) in [5, 5.41) is 2.68. The number of rotatable bonds is 2. The number of pyridine rings is 1. The van der Waals surface area contributed by atoms with Gasteiger partial charge in [-0.05, 0) is 24.3 Å². The molecule has 0 unspecified atom stereocenters. The number of anilines is 2. The van der Waals surface area contributed by atoms with Crippen LogP contribution in [0.4, 0.5) is 15.8 Å². The number of hydrogen-bond acceptors (Lipinski definition) is 3. The number of halogens is 2. The Morgan fingerprint density at radius 1 is 1.39 bits per heavy atom. The number of nitrogens with zero attached hydrogens (tertiary/aromatic N) is 1. The highest BCUT2D eigenvalue weighted by Crippen LogP contribution is 2.17. The summed E-state index contributed by atoms with van der Waals surface area (Å²) in [6.45, 7) is 0. The van der Waals surface area contributed by atoms with Crippen LogP contribution in [-0.4, -0.2) is 10.9 Å². The molecule has 2 rings (SSSR count). The maximum atomic E-state index is 13.0. The van der Waals surface area contributed by atoms with Crippen LogP contribution in [0.3, 0.4) is 0 Å². The van der Waals surface area contributed by atoms with Crippen LogP contribution < -0.4 is 11.1 Å². The van der Waals surface area contributed by atoms with E-state index >= 15 is 0 Å². The lowest BCUT2D eigenvalue weighted by atomic mass is 10.2. The zero-order chi connectivity index (χ0) is 13.1. The Morgan fingerprint density at radius 2 is 2.17 bits per heavy atom. The minimum absolute atomic E-state index is 0.161. The van der Waals surface area contributed by atoms with E-state index in [2.05, 4.69) is 10.3 Å². The van der Waals surface area contributed by atoms with Crippen LogP contribution in [0.2, 0.25) is 5.15 Å². The molecule has 2 aromatic rings. The average Bonchev–Trinajstić information content (AvgIpc) is 2.32. The molecule has 1 heterocycles. The zero-order valence-electron chi connectivity index (χ0n) is 9.15. The second kappa shape index (κ2) is 5.01. The molecule has 0 bridgehead atoms. The van der Waals surface area contributed by atoms with Crippen molar-refractivity contribution in [1.29, 1.82) is 0 Å². The van der Waals surface area contributed by atoms with Crippen LogP contribution >= 0.6 is 11.6 Å². The average molecular weight is 266 g/mol. The Morgan fingerprint density at radius 3 is 2.89 bits per heavy atom. The molecule has 6 heteroatoms. The molecule has 1 aromatic carbocycles. The summed E-state index contributed by atoms with van der Waals surface area (Å²) in [5.41, 5.74) is 6.35. The topological polar surface area (TPSA) is 68.0 Å². The molecule has 0 saturated carbocycles. The molecule has 0 aliphatic heterocycles. The van der Waals surface area contributed by atoms with E-state index in [-0.39, 0.29) is 16.4 Å². The summed E-state index contributed by atoms with van der Waals surface area (Å²) >= 11 is 5.68. The monoisotopic (exact) mass is 265 g/mol. The third-order valence-electron chi connectivity index (χ3n) is 2.23. The normalized spacial score (nSPS) is 10.1. The highest BCUT2D eigenvalue weighted by atomic mass is 35.5. The van der Waals surface area contributed by atoms with Gasteiger partial charge < -0.3 is 11.1 Å². The molecule has 3 N–H and O–H groups in total. The molecule has 1 amide bonds. The van der Waals surface area contributed by atoms with E-state index in [4.69, 9.17) is 17.3 Å². The molecule has 0 aliphatic rings. The number of carbonyl (C=O) groups excluding carboxylic acids is 1. The van der Waals surface area contributed by atoms with E-state index < -0.39 is 11.7 Å². The molecule has 92 valence electrons. The van der Waals surface area contributed by atoms with Crippen molar-refractivity contribution in [2.45, 2.75) is 0 Å². The summed E-state index contributed by atoms with van der Waals surface area (Å²) in [5.74, 6) is -0.907. The largest absolute Gasteiger partial charge is 0.397 e. The first-order valence-corrected chi connectivity index (χ1v) is 5.42. The van der Waals surface area contributed by atoms with E-state index in [1.165, 1.54) is 30.5 Å². The first-order chi connectivity index (χ1) is 8.56. The zero-order valence-corrected chi connectivity index (χ0v) is 9.91. The Bertz CT molecular complexity index is 604. The van der Waals surface area contributed by atoms with E-state index in [0.29, 0.717) is 5.69 Å². The summed E-state index contributed by atoms with van der Waals surface area (Å²) in [6, 6.07) is 6.91. The number of benzene rings is 1. The van der Waals surface area contributed by atoms with Crippen molar-refractivity contribution in [3.8, 4) is 0 Å². The van der Waals surface area contributed by atoms with Gasteiger partial charge in [0.2, 0.25) is 0 Å². The van der Waals surface area contributed by atoms with Gasteiger partial charge in [0.15, 0.2) is 0 Å². The molecule has 4 nitrogen and oxygen atoms in total. The molecule has 0 atom stereocenters. The lowest BCUT2D eigenvalue weighted by Crippen LogP contribution is -2.14. The maximum absolute atomic E-state index is 13.0. The van der Waals surface area contributed by atoms with Crippen LogP contribution in [0, 0.1) is 5.82 Å². The molecular weight excluding hydrogens is 257 g/mol. The smallest absolute Gasteiger partial charge is 0.257 e. The molecule has 0 saturated heterocycles. The van der Waals surface area contributed by atoms with Crippen molar-refractivity contribution in [3.63, 3.8) is 0 Å². The summed E-state index contributed by atoms with van der Waals surface area (Å²) in [4.78, 5) is 15.6. The third-order valence-corrected chi connectivity index (χ3v) is 2.44. The number of carbonyl (C=O) groups is 1. The predicted molar refractivity (Wildman–Crippen MR) is 68.0 cm³/mol. The van der Waals surface area contributed by atoms with Crippen LogP contribution in [-0.2, 0) is 0 Å². The standard InChI is InChI=1S/C12H9ClFN3O/c13-11-5-9(10(15)6-16-11)12(18)17-8-3-1-2-7(14)4-8/h1-6H,15H2,(H,17,18). The maximum Gasteiger partial charge on any atom is 0.257 e. The number of nitrogens with two attached hydrogens (primary N) is 1. The first kappa shape index (κ1) is 12.3. The van der Waals surface area contributed by atoms with Crippen LogP contribution in [0.25, 0.3) is 0 Å². The van der Waals surface area contributed by atoms with E-state index in [0.717, 1.165) is 0 Å². The van der Waals surface area contributed by atoms with Gasteiger partial charge in [-0.15, -0.1) is 0 Å². The lowest BCUT2D eigenvalue weighted by Gasteiger charge is -2.07. The first-order valence-electron chi connectivity index (χ1n) is 5.04. The molecule has 0 aliphatic carbocycles. The second-order valence-electron chi connectivity index (χ2n) is 3.56. The number of nitrogen functional groups attached to an aromatic ring is 1. The number of aromatic nitrogens is 1. The van der Waals surface area contributed by atoms with Crippen molar-refractivity contribution < 1.29 is 9.18 Å². The molecule has 18 heavy (non-hydrogen) atoms. The van der Waals surface area contributed by atoms with Crippen molar-refractivity contribution >= 4 is 28.9 Å². The van der Waals surface area contributed by atoms with Gasteiger partial charge in [-0.25, -0.2) is 9.37 Å². The Labute approximate surface area is 108 Å². The van der Waals surface area contributed by atoms with Gasteiger partial charge in [0.05, 0.1) is 17.4 Å². The Balaban J connectivity index is 2.24. The van der Waals surface area contributed by atoms with Crippen LogP contribution in [0.15, 0.2) is 36.5 Å². The van der Waals surface area contributed by atoms with Crippen molar-refractivity contribution in [2.75, 3.05) is 11.1 Å². The Hall–Kier alpha value is -2.14. The van der Waals surface area contributed by atoms with Gasteiger partial charge in [-0.1, -0.05) is 17.7 Å². The number of hydrogen-bond donors (Lipinski definition) is 2. The minimum atomic E-state index is -0.470. The van der Waals surface area contributed by atoms with E-state index in [1.54, 1.807) is 6.07 Å². The summed E-state index contributed by atoms with van der Waals surface area (Å²) in [7, 11) is 0. The lowest BCUT2D eigenvalue weighted by molar-refractivity contribution is 0.102. The molecule has 1 aromatic heterocycles. The Kier molecular flexibility index (Phi) is 3.43. The quantitative estimate of drug-likeness (QED) is 0.821. The van der Waals surface area contributed by atoms with Gasteiger partial charge in [-0.2, -0.15) is 0 Å². The fraction of sp³-hybridized carbons (Fsp3) is 0. The third kappa shape index (κ3) is 2.75. The van der Waals surface area contributed by atoms with Crippen molar-refractivity contribution in [1.82, 2.24) is 4.98 Å². The van der Waals surface area contributed by atoms with Crippen LogP contribution in [0.1, 0.15) is 10.4 Å². The molecule has 0 spiro atoms. The van der Waals surface area contributed by atoms with Crippen molar-refractivity contribution in [2.24, 2.45) is 0 Å².